The largest absolute Gasteiger partial charge is 0.396 e. The van der Waals surface area contributed by atoms with Gasteiger partial charge >= 0.3 is 0 Å². The first kappa shape index (κ1) is 13.5. The summed E-state index contributed by atoms with van der Waals surface area (Å²) in [6.07, 6.45) is 1.03. The molecule has 0 amide bonds. The van der Waals surface area contributed by atoms with Crippen LogP contribution in [0.4, 0.5) is 4.39 Å². The third kappa shape index (κ3) is 2.31. The molecule has 1 saturated heterocycles. The number of fused-ring (bicyclic) bond motifs is 1. The summed E-state index contributed by atoms with van der Waals surface area (Å²) in [4.78, 5) is 6.77. The van der Waals surface area contributed by atoms with E-state index in [4.69, 9.17) is 0 Å². The summed E-state index contributed by atoms with van der Waals surface area (Å²) in [7, 11) is 0. The lowest BCUT2D eigenvalue weighted by Gasteiger charge is -2.16. The van der Waals surface area contributed by atoms with Gasteiger partial charge in [-0.15, -0.1) is 0 Å². The molecule has 0 saturated carbocycles. The van der Waals surface area contributed by atoms with E-state index in [9.17, 15) is 9.50 Å². The van der Waals surface area contributed by atoms with E-state index in [1.54, 1.807) is 6.07 Å². The Morgan fingerprint density at radius 3 is 3.00 bits per heavy atom. The van der Waals surface area contributed by atoms with E-state index in [0.717, 1.165) is 43.9 Å². The highest BCUT2D eigenvalue weighted by atomic mass is 19.1. The molecular weight excluding hydrogens is 257 g/mol. The van der Waals surface area contributed by atoms with Crippen molar-refractivity contribution in [2.24, 2.45) is 5.92 Å². The number of aliphatic hydroxyl groups excluding tert-OH is 1. The maximum atomic E-state index is 13.8. The number of rotatable bonds is 4. The predicted octanol–water partition coefficient (Wildman–Crippen LogP) is 2.01. The van der Waals surface area contributed by atoms with Gasteiger partial charge in [0.25, 0.3) is 0 Å². The fourth-order valence-corrected chi connectivity index (χ4v) is 3.04. The van der Waals surface area contributed by atoms with Crippen LogP contribution in [0.1, 0.15) is 19.2 Å². The Morgan fingerprint density at radius 1 is 1.45 bits per heavy atom. The minimum atomic E-state index is -0.259. The quantitative estimate of drug-likeness (QED) is 0.929. The molecule has 0 radical (unpaired) electrons. The monoisotopic (exact) mass is 277 g/mol. The minimum absolute atomic E-state index is 0.245. The molecule has 0 bridgehead atoms. The predicted molar refractivity (Wildman–Crippen MR) is 75.8 cm³/mol. The number of hydrogen-bond acceptors (Lipinski definition) is 3. The van der Waals surface area contributed by atoms with Crippen LogP contribution in [0.3, 0.4) is 0 Å². The van der Waals surface area contributed by atoms with Gasteiger partial charge in [-0.3, -0.25) is 4.90 Å². The fraction of sp³-hybridized carbons (Fsp3) is 0.533. The summed E-state index contributed by atoms with van der Waals surface area (Å²) in [5.41, 5.74) is 1.32. The zero-order valence-corrected chi connectivity index (χ0v) is 11.7. The molecule has 2 aromatic rings. The van der Waals surface area contributed by atoms with Crippen molar-refractivity contribution in [2.75, 3.05) is 19.7 Å². The standard InChI is InChI=1S/C15H20FN3O/c1-2-19-13-5-3-4-12(16)15(13)17-14(19)9-18-7-6-11(8-18)10-20/h3-5,11,20H,2,6-10H2,1H3. The lowest BCUT2D eigenvalue weighted by molar-refractivity contribution is 0.218. The summed E-state index contributed by atoms with van der Waals surface area (Å²) >= 11 is 0. The molecule has 1 N–H and O–H groups in total. The maximum absolute atomic E-state index is 13.8. The number of aliphatic hydroxyl groups is 1. The van der Waals surface area contributed by atoms with Crippen LogP contribution in [0.5, 0.6) is 0 Å². The van der Waals surface area contributed by atoms with Gasteiger partial charge in [0.2, 0.25) is 0 Å². The third-order valence-electron chi connectivity index (χ3n) is 4.12. The lowest BCUT2D eigenvalue weighted by atomic mass is 10.1. The van der Waals surface area contributed by atoms with Crippen LogP contribution < -0.4 is 0 Å². The molecule has 1 aromatic carbocycles. The lowest BCUT2D eigenvalue weighted by Crippen LogP contribution is -2.23. The van der Waals surface area contributed by atoms with E-state index in [0.29, 0.717) is 11.4 Å². The Labute approximate surface area is 117 Å². The average molecular weight is 277 g/mol. The van der Waals surface area contributed by atoms with E-state index >= 15 is 0 Å². The fourth-order valence-electron chi connectivity index (χ4n) is 3.04. The highest BCUT2D eigenvalue weighted by molar-refractivity contribution is 5.76. The molecule has 1 atom stereocenters. The van der Waals surface area contributed by atoms with Gasteiger partial charge in [0.15, 0.2) is 5.82 Å². The van der Waals surface area contributed by atoms with Crippen LogP contribution in [0.2, 0.25) is 0 Å². The molecule has 1 aliphatic heterocycles. The third-order valence-corrected chi connectivity index (χ3v) is 4.12. The van der Waals surface area contributed by atoms with Crippen LogP contribution in [-0.2, 0) is 13.1 Å². The SMILES string of the molecule is CCn1c(CN2CCC(CO)C2)nc2c(F)cccc21. The highest BCUT2D eigenvalue weighted by Crippen LogP contribution is 2.22. The number of halogens is 1. The molecule has 1 aliphatic rings. The van der Waals surface area contributed by atoms with Crippen molar-refractivity contribution in [1.29, 1.82) is 0 Å². The van der Waals surface area contributed by atoms with E-state index in [1.807, 2.05) is 6.07 Å². The average Bonchev–Trinajstić information content (AvgIpc) is 3.04. The van der Waals surface area contributed by atoms with Crippen molar-refractivity contribution in [3.63, 3.8) is 0 Å². The highest BCUT2D eigenvalue weighted by Gasteiger charge is 2.23. The van der Waals surface area contributed by atoms with E-state index in [1.165, 1.54) is 6.07 Å². The Hall–Kier alpha value is -1.46. The second kappa shape index (κ2) is 5.50. The van der Waals surface area contributed by atoms with Crippen molar-refractivity contribution >= 4 is 11.0 Å². The first-order chi connectivity index (χ1) is 9.72. The van der Waals surface area contributed by atoms with E-state index in [2.05, 4.69) is 21.4 Å². The summed E-state index contributed by atoms with van der Waals surface area (Å²) in [6.45, 7) is 5.67. The Morgan fingerprint density at radius 2 is 2.30 bits per heavy atom. The van der Waals surface area contributed by atoms with Crippen LogP contribution in [0, 0.1) is 11.7 Å². The van der Waals surface area contributed by atoms with Gasteiger partial charge in [-0.25, -0.2) is 9.37 Å². The Kier molecular flexibility index (Phi) is 3.72. The van der Waals surface area contributed by atoms with Gasteiger partial charge in [0, 0.05) is 19.7 Å². The van der Waals surface area contributed by atoms with Crippen LogP contribution in [-0.4, -0.2) is 39.3 Å². The molecule has 4 nitrogen and oxygen atoms in total. The van der Waals surface area contributed by atoms with Gasteiger partial charge in [0.05, 0.1) is 12.1 Å². The first-order valence-electron chi connectivity index (χ1n) is 7.19. The van der Waals surface area contributed by atoms with E-state index in [-0.39, 0.29) is 12.4 Å². The molecule has 2 heterocycles. The van der Waals surface area contributed by atoms with Crippen LogP contribution in [0.15, 0.2) is 18.2 Å². The number of aryl methyl sites for hydroxylation is 1. The number of para-hydroxylation sites is 1. The van der Waals surface area contributed by atoms with Crippen molar-refractivity contribution in [3.05, 3.63) is 29.8 Å². The van der Waals surface area contributed by atoms with Crippen LogP contribution >= 0.6 is 0 Å². The molecule has 1 aromatic heterocycles. The van der Waals surface area contributed by atoms with Crippen molar-refractivity contribution in [2.45, 2.75) is 26.4 Å². The van der Waals surface area contributed by atoms with Crippen molar-refractivity contribution in [3.8, 4) is 0 Å². The molecule has 3 rings (SSSR count). The van der Waals surface area contributed by atoms with Gasteiger partial charge in [0.1, 0.15) is 11.3 Å². The Balaban J connectivity index is 1.89. The summed E-state index contributed by atoms with van der Waals surface area (Å²) in [5.74, 6) is 1.02. The van der Waals surface area contributed by atoms with E-state index < -0.39 is 0 Å². The molecule has 0 aliphatic carbocycles. The van der Waals surface area contributed by atoms with Gasteiger partial charge in [-0.1, -0.05) is 6.07 Å². The second-order valence-electron chi connectivity index (χ2n) is 5.45. The zero-order valence-electron chi connectivity index (χ0n) is 11.7. The summed E-state index contributed by atoms with van der Waals surface area (Å²) in [6, 6.07) is 5.10. The molecule has 1 unspecified atom stereocenters. The zero-order chi connectivity index (χ0) is 14.1. The molecule has 108 valence electrons. The molecule has 20 heavy (non-hydrogen) atoms. The topological polar surface area (TPSA) is 41.3 Å². The van der Waals surface area contributed by atoms with Gasteiger partial charge in [-0.2, -0.15) is 0 Å². The maximum Gasteiger partial charge on any atom is 0.151 e. The molecule has 0 spiro atoms. The number of hydrogen-bond donors (Lipinski definition) is 1. The molecular formula is C15H20FN3O. The van der Waals surface area contributed by atoms with Crippen molar-refractivity contribution in [1.82, 2.24) is 14.5 Å². The smallest absolute Gasteiger partial charge is 0.151 e. The molecule has 5 heteroatoms. The Bertz CT molecular complexity index is 610. The second-order valence-corrected chi connectivity index (χ2v) is 5.45. The van der Waals surface area contributed by atoms with Gasteiger partial charge < -0.3 is 9.67 Å². The van der Waals surface area contributed by atoms with Crippen LogP contribution in [0.25, 0.3) is 11.0 Å². The first-order valence-corrected chi connectivity index (χ1v) is 7.19. The van der Waals surface area contributed by atoms with Crippen molar-refractivity contribution < 1.29 is 9.50 Å². The number of benzene rings is 1. The summed E-state index contributed by atoms with van der Waals surface area (Å²) in [5, 5.41) is 9.20. The molecule has 1 fully saturated rings. The number of likely N-dealkylation sites (tertiary alicyclic amines) is 1. The normalized spacial score (nSPS) is 20.1. The minimum Gasteiger partial charge on any atom is -0.396 e. The number of aromatic nitrogens is 2. The summed E-state index contributed by atoms with van der Waals surface area (Å²) < 4.78 is 15.9. The number of nitrogens with zero attached hydrogens (tertiary/aromatic N) is 3. The number of imidazole rings is 1. The van der Waals surface area contributed by atoms with Gasteiger partial charge in [-0.05, 0) is 37.9 Å².